The topological polar surface area (TPSA) is 58.6 Å². The lowest BCUT2D eigenvalue weighted by Gasteiger charge is -2.22. The molecule has 0 aromatic rings. The van der Waals surface area contributed by atoms with E-state index in [-0.39, 0.29) is 18.5 Å². The quantitative estimate of drug-likeness (QED) is 0.473. The van der Waals surface area contributed by atoms with E-state index >= 15 is 0 Å². The molecule has 2 rings (SSSR count). The highest BCUT2D eigenvalue weighted by molar-refractivity contribution is 5.77. The Morgan fingerprint density at radius 2 is 2.64 bits per heavy atom. The van der Waals surface area contributed by atoms with Crippen LogP contribution >= 0.6 is 0 Å². The van der Waals surface area contributed by atoms with Gasteiger partial charge in [-0.25, -0.2) is 0 Å². The minimum Gasteiger partial charge on any atom is -0.463 e. The molecule has 0 aromatic heterocycles. The maximum atomic E-state index is 11.0. The summed E-state index contributed by atoms with van der Waals surface area (Å²) in [5.74, 6) is -0.281. The van der Waals surface area contributed by atoms with Gasteiger partial charge in [-0.3, -0.25) is 4.79 Å². The largest absolute Gasteiger partial charge is 0.463 e. The Morgan fingerprint density at radius 3 is 3.27 bits per heavy atom. The highest BCUT2D eigenvalue weighted by atomic mass is 16.5. The van der Waals surface area contributed by atoms with Crippen molar-refractivity contribution < 1.29 is 14.6 Å². The molecule has 2 heterocycles. The number of rotatable bonds is 1. The highest BCUT2D eigenvalue weighted by Crippen LogP contribution is 2.33. The van der Waals surface area contributed by atoms with Crippen molar-refractivity contribution >= 4 is 5.97 Å². The standard InChI is InChI=1S/C7H11NO3/c9-3-7-4-11-6(10)5(7)1-2-8-7/h5,8-9H,1-4H2/t5-,7+/m0/s1. The van der Waals surface area contributed by atoms with Gasteiger partial charge in [0.1, 0.15) is 6.61 Å². The lowest BCUT2D eigenvalue weighted by molar-refractivity contribution is -0.141. The van der Waals surface area contributed by atoms with Crippen LogP contribution in [0.2, 0.25) is 0 Å². The summed E-state index contributed by atoms with van der Waals surface area (Å²) in [4.78, 5) is 11.0. The van der Waals surface area contributed by atoms with Crippen molar-refractivity contribution in [3.63, 3.8) is 0 Å². The van der Waals surface area contributed by atoms with E-state index in [0.717, 1.165) is 13.0 Å². The molecule has 4 heteroatoms. The molecule has 0 saturated carbocycles. The number of nitrogens with one attached hydrogen (secondary N) is 1. The maximum absolute atomic E-state index is 11.0. The van der Waals surface area contributed by atoms with Crippen LogP contribution in [-0.4, -0.2) is 36.4 Å². The second-order valence-electron chi connectivity index (χ2n) is 3.19. The number of carbonyl (C=O) groups is 1. The Balaban J connectivity index is 2.25. The van der Waals surface area contributed by atoms with Gasteiger partial charge in [0, 0.05) is 0 Å². The van der Waals surface area contributed by atoms with Gasteiger partial charge in [-0.15, -0.1) is 0 Å². The molecule has 2 N–H and O–H groups in total. The number of ether oxygens (including phenoxy) is 1. The number of hydrogen-bond donors (Lipinski definition) is 2. The summed E-state index contributed by atoms with van der Waals surface area (Å²) in [6.45, 7) is 1.12. The monoisotopic (exact) mass is 157 g/mol. The smallest absolute Gasteiger partial charge is 0.311 e. The van der Waals surface area contributed by atoms with Crippen LogP contribution in [0.1, 0.15) is 6.42 Å². The SMILES string of the molecule is O=C1OC[C@@]2(CO)NCC[C@@H]12. The zero-order valence-electron chi connectivity index (χ0n) is 6.17. The fourth-order valence-corrected chi connectivity index (χ4v) is 1.87. The van der Waals surface area contributed by atoms with E-state index in [1.807, 2.05) is 0 Å². The van der Waals surface area contributed by atoms with Crippen molar-refractivity contribution in [2.75, 3.05) is 19.8 Å². The average molecular weight is 157 g/mol. The number of aliphatic hydroxyl groups is 1. The first kappa shape index (κ1) is 7.06. The molecule has 0 aromatic carbocycles. The van der Waals surface area contributed by atoms with Crippen LogP contribution in [0, 0.1) is 5.92 Å². The first-order chi connectivity index (χ1) is 5.28. The summed E-state index contributed by atoms with van der Waals surface area (Å²) >= 11 is 0. The number of fused-ring (bicyclic) bond motifs is 1. The fraction of sp³-hybridized carbons (Fsp3) is 0.857. The molecule has 11 heavy (non-hydrogen) atoms. The summed E-state index contributed by atoms with van der Waals surface area (Å²) in [5.41, 5.74) is -0.447. The van der Waals surface area contributed by atoms with Gasteiger partial charge in [0.05, 0.1) is 18.1 Å². The van der Waals surface area contributed by atoms with Gasteiger partial charge < -0.3 is 15.2 Å². The predicted molar refractivity (Wildman–Crippen MR) is 36.9 cm³/mol. The van der Waals surface area contributed by atoms with Crippen LogP contribution in [0.25, 0.3) is 0 Å². The van der Waals surface area contributed by atoms with E-state index in [0.29, 0.717) is 6.61 Å². The Morgan fingerprint density at radius 1 is 1.82 bits per heavy atom. The molecule has 0 aliphatic carbocycles. The zero-order chi connectivity index (χ0) is 7.90. The Bertz CT molecular complexity index is 194. The molecule has 0 unspecified atom stereocenters. The average Bonchev–Trinajstić information content (AvgIpc) is 2.53. The normalized spacial score (nSPS) is 42.3. The molecule has 2 saturated heterocycles. The van der Waals surface area contributed by atoms with Gasteiger partial charge in [-0.2, -0.15) is 0 Å². The molecule has 62 valence electrons. The van der Waals surface area contributed by atoms with E-state index in [1.54, 1.807) is 0 Å². The summed E-state index contributed by atoms with van der Waals surface area (Å²) in [6, 6.07) is 0. The van der Waals surface area contributed by atoms with Crippen LogP contribution in [0.4, 0.5) is 0 Å². The second-order valence-corrected chi connectivity index (χ2v) is 3.19. The lowest BCUT2D eigenvalue weighted by Crippen LogP contribution is -2.48. The third-order valence-electron chi connectivity index (χ3n) is 2.62. The summed E-state index contributed by atoms with van der Waals surface area (Å²) < 4.78 is 4.85. The van der Waals surface area contributed by atoms with E-state index in [9.17, 15) is 4.79 Å². The third-order valence-corrected chi connectivity index (χ3v) is 2.62. The van der Waals surface area contributed by atoms with Gasteiger partial charge in [0.25, 0.3) is 0 Å². The van der Waals surface area contributed by atoms with Gasteiger partial charge in [-0.1, -0.05) is 0 Å². The molecule has 0 bridgehead atoms. The number of esters is 1. The molecule has 2 fully saturated rings. The van der Waals surface area contributed by atoms with Crippen molar-refractivity contribution in [3.8, 4) is 0 Å². The summed E-state index contributed by atoms with van der Waals surface area (Å²) in [6.07, 6.45) is 0.791. The van der Waals surface area contributed by atoms with E-state index in [2.05, 4.69) is 5.32 Å². The first-order valence-corrected chi connectivity index (χ1v) is 3.81. The summed E-state index contributed by atoms with van der Waals surface area (Å²) in [7, 11) is 0. The van der Waals surface area contributed by atoms with Gasteiger partial charge in [0.2, 0.25) is 0 Å². The lowest BCUT2D eigenvalue weighted by atomic mass is 9.89. The number of aliphatic hydroxyl groups excluding tert-OH is 1. The number of cyclic esters (lactones) is 1. The zero-order valence-corrected chi connectivity index (χ0v) is 6.17. The molecule has 0 radical (unpaired) electrons. The van der Waals surface area contributed by atoms with E-state index < -0.39 is 5.54 Å². The molecular formula is C7H11NO3. The van der Waals surface area contributed by atoms with Crippen molar-refractivity contribution in [2.45, 2.75) is 12.0 Å². The van der Waals surface area contributed by atoms with Crippen molar-refractivity contribution in [1.29, 1.82) is 0 Å². The Hall–Kier alpha value is -0.610. The summed E-state index contributed by atoms with van der Waals surface area (Å²) in [5, 5.41) is 12.2. The minimum atomic E-state index is -0.447. The third kappa shape index (κ3) is 0.795. The van der Waals surface area contributed by atoms with E-state index in [1.165, 1.54) is 0 Å². The Labute approximate surface area is 64.5 Å². The van der Waals surface area contributed by atoms with E-state index in [4.69, 9.17) is 9.84 Å². The Kier molecular flexibility index (Phi) is 1.40. The van der Waals surface area contributed by atoms with Gasteiger partial charge >= 0.3 is 5.97 Å². The second kappa shape index (κ2) is 2.19. The molecule has 2 aliphatic heterocycles. The molecule has 2 atom stereocenters. The minimum absolute atomic E-state index is 0.0105. The van der Waals surface area contributed by atoms with Crippen molar-refractivity contribution in [1.82, 2.24) is 5.32 Å². The number of carbonyl (C=O) groups excluding carboxylic acids is 1. The van der Waals surface area contributed by atoms with Crippen molar-refractivity contribution in [2.24, 2.45) is 5.92 Å². The highest BCUT2D eigenvalue weighted by Gasteiger charge is 2.52. The van der Waals surface area contributed by atoms with Crippen LogP contribution < -0.4 is 5.32 Å². The van der Waals surface area contributed by atoms with Crippen molar-refractivity contribution in [3.05, 3.63) is 0 Å². The van der Waals surface area contributed by atoms with Crippen LogP contribution in [0.3, 0.4) is 0 Å². The van der Waals surface area contributed by atoms with Crippen LogP contribution in [0.15, 0.2) is 0 Å². The molecule has 0 spiro atoms. The molecule has 4 nitrogen and oxygen atoms in total. The molecule has 0 amide bonds. The molecule has 2 aliphatic rings. The van der Waals surface area contributed by atoms with Crippen LogP contribution in [0.5, 0.6) is 0 Å². The fourth-order valence-electron chi connectivity index (χ4n) is 1.87. The molecular weight excluding hydrogens is 146 g/mol. The predicted octanol–water partition coefficient (Wildman–Crippen LogP) is -1.12. The van der Waals surface area contributed by atoms with Gasteiger partial charge in [-0.05, 0) is 13.0 Å². The van der Waals surface area contributed by atoms with Crippen LogP contribution in [-0.2, 0) is 9.53 Å². The van der Waals surface area contributed by atoms with Gasteiger partial charge in [0.15, 0.2) is 0 Å². The maximum Gasteiger partial charge on any atom is 0.311 e. The first-order valence-electron chi connectivity index (χ1n) is 3.81. The number of hydrogen-bond acceptors (Lipinski definition) is 4.